The first-order valence-electron chi connectivity index (χ1n) is 9.38. The van der Waals surface area contributed by atoms with E-state index in [1.807, 2.05) is 20.8 Å². The van der Waals surface area contributed by atoms with Crippen molar-refractivity contribution in [3.05, 3.63) is 50.4 Å². The molecule has 0 aliphatic heterocycles. The number of thioether (sulfide) groups is 1. The van der Waals surface area contributed by atoms with Gasteiger partial charge < -0.3 is 0 Å². The highest BCUT2D eigenvalue weighted by Crippen LogP contribution is 2.32. The zero-order chi connectivity index (χ0) is 20.9. The number of fused-ring (bicyclic) bond motifs is 1. The Morgan fingerprint density at radius 1 is 1.00 bits per heavy atom. The normalized spacial score (nSPS) is 12.7. The molecule has 5 nitrogen and oxygen atoms in total. The van der Waals surface area contributed by atoms with Crippen LogP contribution in [0.5, 0.6) is 0 Å². The van der Waals surface area contributed by atoms with Crippen LogP contribution in [0.2, 0.25) is 0 Å². The molecule has 0 aliphatic rings. The predicted molar refractivity (Wildman–Crippen MR) is 118 cm³/mol. The second-order valence-electron chi connectivity index (χ2n) is 9.29. The molecule has 0 saturated carbocycles. The molecule has 150 valence electrons. The lowest BCUT2D eigenvalue weighted by molar-refractivity contribution is 0.541. The highest BCUT2D eigenvalue weighted by Gasteiger charge is 2.23. The molecular formula is C21H28N4OS2. The molecule has 0 bridgehead atoms. The maximum atomic E-state index is 12.7. The third kappa shape index (κ3) is 4.15. The van der Waals surface area contributed by atoms with Gasteiger partial charge in [-0.2, -0.15) is 4.52 Å². The highest BCUT2D eigenvalue weighted by atomic mass is 32.2. The van der Waals surface area contributed by atoms with Crippen molar-refractivity contribution in [2.45, 2.75) is 76.3 Å². The van der Waals surface area contributed by atoms with Gasteiger partial charge in [-0.15, -0.1) is 15.3 Å². The molecule has 0 fully saturated rings. The van der Waals surface area contributed by atoms with E-state index in [4.69, 9.17) is 0 Å². The zero-order valence-electron chi connectivity index (χ0n) is 17.9. The van der Waals surface area contributed by atoms with Gasteiger partial charge in [-0.25, -0.2) is 0 Å². The highest BCUT2D eigenvalue weighted by molar-refractivity contribution is 8.00. The van der Waals surface area contributed by atoms with Crippen LogP contribution in [0, 0.1) is 13.8 Å². The topological polar surface area (TPSA) is 60.2 Å². The van der Waals surface area contributed by atoms with E-state index in [-0.39, 0.29) is 16.4 Å². The van der Waals surface area contributed by atoms with Crippen molar-refractivity contribution in [3.8, 4) is 0 Å². The molecule has 0 amide bonds. The number of nitrogens with zero attached hydrogens (tertiary/aromatic N) is 4. The van der Waals surface area contributed by atoms with E-state index in [0.717, 1.165) is 10.1 Å². The van der Waals surface area contributed by atoms with Crippen LogP contribution in [0.1, 0.15) is 69.5 Å². The van der Waals surface area contributed by atoms with Crippen LogP contribution in [-0.4, -0.2) is 19.8 Å². The summed E-state index contributed by atoms with van der Waals surface area (Å²) in [5.74, 6) is 0.816. The third-order valence-corrected chi connectivity index (χ3v) is 6.84. The van der Waals surface area contributed by atoms with E-state index in [2.05, 4.69) is 62.0 Å². The second-order valence-corrected chi connectivity index (χ2v) is 11.5. The Hall–Kier alpha value is -1.73. The summed E-state index contributed by atoms with van der Waals surface area (Å²) in [7, 11) is 0. The molecular weight excluding hydrogens is 388 g/mol. The summed E-state index contributed by atoms with van der Waals surface area (Å²) >= 11 is 3.05. The van der Waals surface area contributed by atoms with Gasteiger partial charge in [0, 0.05) is 11.2 Å². The van der Waals surface area contributed by atoms with Gasteiger partial charge in [-0.3, -0.25) is 4.79 Å². The van der Waals surface area contributed by atoms with Crippen LogP contribution in [0.4, 0.5) is 0 Å². The van der Waals surface area contributed by atoms with Crippen molar-refractivity contribution in [2.24, 2.45) is 0 Å². The minimum Gasteiger partial charge on any atom is -0.265 e. The van der Waals surface area contributed by atoms with Gasteiger partial charge in [0.15, 0.2) is 4.34 Å². The van der Waals surface area contributed by atoms with E-state index < -0.39 is 0 Å². The lowest BCUT2D eigenvalue weighted by Gasteiger charge is -2.22. The average Bonchev–Trinajstić information content (AvgIpc) is 2.96. The Morgan fingerprint density at radius 2 is 1.61 bits per heavy atom. The minimum absolute atomic E-state index is 0.138. The number of hydrogen-bond acceptors (Lipinski definition) is 6. The van der Waals surface area contributed by atoms with Crippen molar-refractivity contribution >= 4 is 28.1 Å². The lowest BCUT2D eigenvalue weighted by Crippen LogP contribution is -2.30. The molecule has 0 spiro atoms. The number of aromatic nitrogens is 4. The van der Waals surface area contributed by atoms with E-state index >= 15 is 0 Å². The molecule has 0 N–H and O–H groups in total. The molecule has 1 aromatic carbocycles. The quantitative estimate of drug-likeness (QED) is 0.559. The fourth-order valence-corrected chi connectivity index (χ4v) is 5.08. The third-order valence-electron chi connectivity index (χ3n) is 4.78. The van der Waals surface area contributed by atoms with Gasteiger partial charge in [0.25, 0.3) is 5.56 Å². The largest absolute Gasteiger partial charge is 0.297 e. The Kier molecular flexibility index (Phi) is 5.44. The Labute approximate surface area is 174 Å². The summed E-state index contributed by atoms with van der Waals surface area (Å²) in [6.07, 6.45) is 0. The smallest absolute Gasteiger partial charge is 0.265 e. The first-order valence-corrected chi connectivity index (χ1v) is 11.2. The Balaban J connectivity index is 1.89. The van der Waals surface area contributed by atoms with E-state index in [0.29, 0.717) is 10.7 Å². The Morgan fingerprint density at radius 3 is 2.14 bits per heavy atom. The fourth-order valence-electron chi connectivity index (χ4n) is 3.01. The zero-order valence-corrected chi connectivity index (χ0v) is 19.5. The van der Waals surface area contributed by atoms with Gasteiger partial charge in [0.1, 0.15) is 5.69 Å². The summed E-state index contributed by atoms with van der Waals surface area (Å²) in [5.41, 5.74) is 5.32. The van der Waals surface area contributed by atoms with Crippen molar-refractivity contribution in [2.75, 3.05) is 0 Å². The molecule has 2 heterocycles. The van der Waals surface area contributed by atoms with Crippen LogP contribution in [0.15, 0.2) is 21.3 Å². The van der Waals surface area contributed by atoms with Gasteiger partial charge in [-0.1, -0.05) is 76.8 Å². The average molecular weight is 417 g/mol. The van der Waals surface area contributed by atoms with Gasteiger partial charge >= 0.3 is 0 Å². The maximum absolute atomic E-state index is 12.7. The first-order chi connectivity index (χ1) is 12.9. The van der Waals surface area contributed by atoms with Gasteiger partial charge in [0.05, 0.1) is 0 Å². The predicted octanol–water partition coefficient (Wildman–Crippen LogP) is 5.05. The van der Waals surface area contributed by atoms with E-state index in [1.54, 1.807) is 11.8 Å². The molecule has 0 saturated heterocycles. The van der Waals surface area contributed by atoms with Gasteiger partial charge in [0.2, 0.25) is 4.96 Å². The van der Waals surface area contributed by atoms with Gasteiger partial charge in [-0.05, 0) is 41.5 Å². The molecule has 7 heteroatoms. The summed E-state index contributed by atoms with van der Waals surface area (Å²) in [5, 5.41) is 12.9. The van der Waals surface area contributed by atoms with Crippen molar-refractivity contribution in [1.82, 2.24) is 19.8 Å². The SMILES string of the molecule is Cc1cc(C(C)(C)C)cc(C)c1CSc1nn2c(=O)c(C(C)(C)C)nnc2s1. The van der Waals surface area contributed by atoms with Crippen LogP contribution < -0.4 is 5.56 Å². The standard InChI is InChI=1S/C21H28N4OS2/c1-12-9-14(20(3,4)5)10-13(2)15(12)11-27-19-24-25-17(26)16(21(6,7)8)22-23-18(25)28-19/h9-10H,11H2,1-8H3. The summed E-state index contributed by atoms with van der Waals surface area (Å²) in [6, 6.07) is 4.57. The van der Waals surface area contributed by atoms with Crippen LogP contribution >= 0.6 is 23.1 Å². The van der Waals surface area contributed by atoms with E-state index in [9.17, 15) is 4.79 Å². The van der Waals surface area contributed by atoms with E-state index in [1.165, 1.54) is 38.1 Å². The summed E-state index contributed by atoms with van der Waals surface area (Å²) in [4.78, 5) is 13.2. The van der Waals surface area contributed by atoms with Crippen LogP contribution in [-0.2, 0) is 16.6 Å². The Bertz CT molecular complexity index is 1060. The lowest BCUT2D eigenvalue weighted by atomic mass is 9.84. The maximum Gasteiger partial charge on any atom is 0.297 e. The molecule has 0 unspecified atom stereocenters. The summed E-state index contributed by atoms with van der Waals surface area (Å²) in [6.45, 7) is 16.9. The molecule has 2 aromatic heterocycles. The second kappa shape index (κ2) is 7.26. The monoisotopic (exact) mass is 416 g/mol. The molecule has 28 heavy (non-hydrogen) atoms. The molecule has 3 rings (SSSR count). The van der Waals surface area contributed by atoms with Crippen molar-refractivity contribution in [3.63, 3.8) is 0 Å². The molecule has 0 aliphatic carbocycles. The minimum atomic E-state index is -0.356. The molecule has 0 radical (unpaired) electrons. The van der Waals surface area contributed by atoms with Crippen molar-refractivity contribution < 1.29 is 0 Å². The first kappa shape index (κ1) is 21.0. The van der Waals surface area contributed by atoms with Crippen LogP contribution in [0.25, 0.3) is 4.96 Å². The molecule has 0 atom stereocenters. The number of aryl methyl sites for hydroxylation is 2. The summed E-state index contributed by atoms with van der Waals surface area (Å²) < 4.78 is 2.22. The fraction of sp³-hybridized carbons (Fsp3) is 0.524. The number of rotatable bonds is 3. The van der Waals surface area contributed by atoms with Crippen LogP contribution in [0.3, 0.4) is 0 Å². The number of hydrogen-bond donors (Lipinski definition) is 0. The number of benzene rings is 1. The van der Waals surface area contributed by atoms with Crippen molar-refractivity contribution in [1.29, 1.82) is 0 Å². The molecule has 3 aromatic rings.